The molecule has 1 aromatic carbocycles. The van der Waals surface area contributed by atoms with E-state index in [2.05, 4.69) is 35.5 Å². The number of anilines is 1. The molecule has 0 aliphatic rings. The highest BCUT2D eigenvalue weighted by Gasteiger charge is 2.19. The molecule has 0 spiro atoms. The highest BCUT2D eigenvalue weighted by molar-refractivity contribution is 5.97. The normalized spacial score (nSPS) is 11.8. The van der Waals surface area contributed by atoms with E-state index in [1.165, 1.54) is 6.07 Å². The van der Waals surface area contributed by atoms with Gasteiger partial charge in [0, 0.05) is 40.9 Å². The summed E-state index contributed by atoms with van der Waals surface area (Å²) in [4.78, 5) is 33.6. The van der Waals surface area contributed by atoms with Crippen molar-refractivity contribution in [3.05, 3.63) is 73.2 Å². The second kappa shape index (κ2) is 9.39. The maximum absolute atomic E-state index is 14.5. The van der Waals surface area contributed by atoms with Gasteiger partial charge in [0.2, 0.25) is 5.91 Å². The van der Waals surface area contributed by atoms with Gasteiger partial charge in [-0.2, -0.15) is 5.10 Å². The smallest absolute Gasteiger partial charge is 0.224 e. The summed E-state index contributed by atoms with van der Waals surface area (Å²) in [7, 11) is 0. The van der Waals surface area contributed by atoms with Gasteiger partial charge in [-0.1, -0.05) is 39.0 Å². The molecule has 0 radical (unpaired) electrons. The van der Waals surface area contributed by atoms with E-state index in [4.69, 9.17) is 4.98 Å². The summed E-state index contributed by atoms with van der Waals surface area (Å²) in [5.41, 5.74) is 5.47. The van der Waals surface area contributed by atoms with Gasteiger partial charge in [-0.3, -0.25) is 24.8 Å². The topological polar surface area (TPSA) is 125 Å². The Balaban J connectivity index is 1.37. The fourth-order valence-corrected chi connectivity index (χ4v) is 4.51. The van der Waals surface area contributed by atoms with Gasteiger partial charge in [0.15, 0.2) is 5.82 Å². The minimum absolute atomic E-state index is 0.0730. The van der Waals surface area contributed by atoms with Crippen LogP contribution < -0.4 is 5.32 Å². The number of pyridine rings is 3. The molecule has 0 unspecified atom stereocenters. The van der Waals surface area contributed by atoms with Crippen LogP contribution in [0.3, 0.4) is 0 Å². The summed E-state index contributed by atoms with van der Waals surface area (Å²) in [6, 6.07) is 10.3. The molecule has 0 aliphatic carbocycles. The number of nitrogens with one attached hydrogen (secondary N) is 3. The van der Waals surface area contributed by atoms with Crippen LogP contribution in [0.25, 0.3) is 55.8 Å². The summed E-state index contributed by atoms with van der Waals surface area (Å²) in [5.74, 6) is 0.0964. The summed E-state index contributed by atoms with van der Waals surface area (Å²) in [5, 5.41) is 11.2. The summed E-state index contributed by atoms with van der Waals surface area (Å²) < 4.78 is 14.5. The molecule has 0 atom stereocenters. The number of carbonyl (C=O) groups excluding carboxylic acids is 1. The number of amides is 1. The quantitative estimate of drug-likeness (QED) is 0.251. The van der Waals surface area contributed by atoms with Crippen molar-refractivity contribution in [1.29, 1.82) is 0 Å². The van der Waals surface area contributed by atoms with E-state index in [1.807, 2.05) is 32.9 Å². The molecule has 0 fully saturated rings. The number of hydrogen-bond donors (Lipinski definition) is 3. The van der Waals surface area contributed by atoms with Crippen molar-refractivity contribution >= 4 is 33.5 Å². The summed E-state index contributed by atoms with van der Waals surface area (Å²) in [6.07, 6.45) is 8.66. The first-order chi connectivity index (χ1) is 18.7. The van der Waals surface area contributed by atoms with E-state index in [1.54, 1.807) is 49.2 Å². The van der Waals surface area contributed by atoms with Crippen LogP contribution in [0.2, 0.25) is 0 Å². The third kappa shape index (κ3) is 4.84. The zero-order valence-corrected chi connectivity index (χ0v) is 21.6. The average molecular weight is 521 g/mol. The molecule has 6 aromatic rings. The number of hydrogen-bond acceptors (Lipinski definition) is 6. The van der Waals surface area contributed by atoms with E-state index in [0.29, 0.717) is 51.5 Å². The monoisotopic (exact) mass is 520 g/mol. The SMILES string of the molecule is CC(C)(C)CC(=O)Nc1cncc(-c2cc3c(-c4nc5c(-c6ccccc6F)cncc5[nH]4)n[nH]c3cn2)c1. The van der Waals surface area contributed by atoms with Gasteiger partial charge < -0.3 is 10.3 Å². The van der Waals surface area contributed by atoms with Crippen molar-refractivity contribution in [3.8, 4) is 33.9 Å². The Hall–Kier alpha value is -4.99. The van der Waals surface area contributed by atoms with E-state index in [0.717, 1.165) is 16.5 Å². The zero-order valence-electron chi connectivity index (χ0n) is 21.6. The molecular weight excluding hydrogens is 495 g/mol. The first-order valence-corrected chi connectivity index (χ1v) is 12.4. The predicted molar refractivity (Wildman–Crippen MR) is 148 cm³/mol. The fraction of sp³-hybridized carbons (Fsp3) is 0.172. The molecule has 3 N–H and O–H groups in total. The van der Waals surface area contributed by atoms with Gasteiger partial charge in [0.1, 0.15) is 17.0 Å². The van der Waals surface area contributed by atoms with Crippen molar-refractivity contribution < 1.29 is 9.18 Å². The van der Waals surface area contributed by atoms with E-state index >= 15 is 0 Å². The highest BCUT2D eigenvalue weighted by atomic mass is 19.1. The number of rotatable bonds is 5. The third-order valence-corrected chi connectivity index (χ3v) is 6.24. The highest BCUT2D eigenvalue weighted by Crippen LogP contribution is 2.33. The number of aromatic amines is 2. The Morgan fingerprint density at radius 1 is 0.974 bits per heavy atom. The summed E-state index contributed by atoms with van der Waals surface area (Å²) in [6.45, 7) is 6.05. The predicted octanol–water partition coefficient (Wildman–Crippen LogP) is 6.14. The lowest BCUT2D eigenvalue weighted by molar-refractivity contribution is -0.117. The Labute approximate surface area is 223 Å². The third-order valence-electron chi connectivity index (χ3n) is 6.24. The molecular formula is C29H25FN8O. The molecule has 194 valence electrons. The number of imidazole rings is 1. The Kier molecular flexibility index (Phi) is 5.86. The first-order valence-electron chi connectivity index (χ1n) is 12.4. The van der Waals surface area contributed by atoms with Crippen LogP contribution in [-0.2, 0) is 4.79 Å². The van der Waals surface area contributed by atoms with Crippen LogP contribution in [0.15, 0.2) is 67.4 Å². The number of fused-ring (bicyclic) bond motifs is 2. The van der Waals surface area contributed by atoms with Crippen LogP contribution in [0.5, 0.6) is 0 Å². The maximum Gasteiger partial charge on any atom is 0.224 e. The van der Waals surface area contributed by atoms with Crippen molar-refractivity contribution in [2.45, 2.75) is 27.2 Å². The lowest BCUT2D eigenvalue weighted by Gasteiger charge is -2.17. The van der Waals surface area contributed by atoms with Crippen LogP contribution >= 0.6 is 0 Å². The van der Waals surface area contributed by atoms with E-state index in [-0.39, 0.29) is 17.1 Å². The van der Waals surface area contributed by atoms with E-state index in [9.17, 15) is 9.18 Å². The van der Waals surface area contributed by atoms with Gasteiger partial charge in [0.25, 0.3) is 0 Å². The molecule has 0 aliphatic heterocycles. The minimum atomic E-state index is -0.345. The van der Waals surface area contributed by atoms with Crippen LogP contribution in [-0.4, -0.2) is 41.0 Å². The Morgan fingerprint density at radius 3 is 2.62 bits per heavy atom. The van der Waals surface area contributed by atoms with Crippen LogP contribution in [0, 0.1) is 11.2 Å². The number of aromatic nitrogens is 7. The molecule has 0 saturated heterocycles. The molecule has 0 saturated carbocycles. The largest absolute Gasteiger partial charge is 0.335 e. The van der Waals surface area contributed by atoms with Gasteiger partial charge in [-0.05, 0) is 23.6 Å². The lowest BCUT2D eigenvalue weighted by Crippen LogP contribution is -2.19. The Bertz CT molecular complexity index is 1850. The molecule has 6 rings (SSSR count). The van der Waals surface area contributed by atoms with Gasteiger partial charge in [-0.25, -0.2) is 9.37 Å². The standard InChI is InChI=1S/C29H25FN8O/c1-29(2,3)10-25(39)34-17-8-16(11-31-12-17)22-9-19-23(15-33-22)37-38-27(19)28-35-24-14-32-13-20(26(24)36-28)18-6-4-5-7-21(18)30/h4-9,11-15H,10H2,1-3H3,(H,34,39)(H,35,36)(H,37,38). The molecule has 5 heterocycles. The minimum Gasteiger partial charge on any atom is -0.335 e. The van der Waals surface area contributed by atoms with Crippen LogP contribution in [0.1, 0.15) is 27.2 Å². The number of H-pyrrole nitrogens is 2. The first kappa shape index (κ1) is 24.4. The molecule has 0 bridgehead atoms. The lowest BCUT2D eigenvalue weighted by atomic mass is 9.92. The second-order valence-electron chi connectivity index (χ2n) is 10.6. The van der Waals surface area contributed by atoms with Gasteiger partial charge in [0.05, 0.1) is 41.0 Å². The van der Waals surface area contributed by atoms with Crippen molar-refractivity contribution in [3.63, 3.8) is 0 Å². The average Bonchev–Trinajstić information content (AvgIpc) is 3.51. The summed E-state index contributed by atoms with van der Waals surface area (Å²) >= 11 is 0. The molecule has 9 nitrogen and oxygen atoms in total. The zero-order chi connectivity index (χ0) is 27.1. The molecule has 10 heteroatoms. The number of benzene rings is 1. The fourth-order valence-electron chi connectivity index (χ4n) is 4.51. The van der Waals surface area contributed by atoms with Gasteiger partial charge in [-0.15, -0.1) is 0 Å². The number of nitrogens with zero attached hydrogens (tertiary/aromatic N) is 5. The van der Waals surface area contributed by atoms with Crippen molar-refractivity contribution in [2.24, 2.45) is 5.41 Å². The Morgan fingerprint density at radius 2 is 1.79 bits per heavy atom. The number of carbonyl (C=O) groups is 1. The van der Waals surface area contributed by atoms with Gasteiger partial charge >= 0.3 is 0 Å². The molecule has 1 amide bonds. The van der Waals surface area contributed by atoms with Crippen LogP contribution in [0.4, 0.5) is 10.1 Å². The van der Waals surface area contributed by atoms with Crippen molar-refractivity contribution in [1.82, 2.24) is 35.1 Å². The number of halogens is 1. The molecule has 5 aromatic heterocycles. The van der Waals surface area contributed by atoms with Crippen molar-refractivity contribution in [2.75, 3.05) is 5.32 Å². The molecule has 39 heavy (non-hydrogen) atoms. The van der Waals surface area contributed by atoms with E-state index < -0.39 is 0 Å². The second-order valence-corrected chi connectivity index (χ2v) is 10.6. The maximum atomic E-state index is 14.5.